The van der Waals surface area contributed by atoms with Gasteiger partial charge in [0.15, 0.2) is 10.2 Å². The van der Waals surface area contributed by atoms with Crippen LogP contribution in [0.2, 0.25) is 0 Å². The van der Waals surface area contributed by atoms with Crippen molar-refractivity contribution in [3.63, 3.8) is 0 Å². The normalized spacial score (nSPS) is 15.3. The molecule has 2 unspecified atom stereocenters. The summed E-state index contributed by atoms with van der Waals surface area (Å²) >= 11 is 10.9. The summed E-state index contributed by atoms with van der Waals surface area (Å²) in [5.41, 5.74) is 2.16. The van der Waals surface area contributed by atoms with Crippen LogP contribution in [0.1, 0.15) is 31.0 Å². The Bertz CT molecular complexity index is 1660. The zero-order valence-electron chi connectivity index (χ0n) is 25.3. The maximum Gasteiger partial charge on any atom is 0.338 e. The van der Waals surface area contributed by atoms with E-state index in [1.54, 1.807) is 74.5 Å². The number of hydrogen-bond acceptors (Lipinski definition) is 9. The average Bonchev–Trinajstić information content (AvgIpc) is 3.05. The second-order valence-corrected chi connectivity index (χ2v) is 10.7. The van der Waals surface area contributed by atoms with E-state index in [9.17, 15) is 20.0 Å². The number of nitrogens with zero attached hydrogens (tertiary/aromatic N) is 3. The van der Waals surface area contributed by atoms with E-state index in [2.05, 4.69) is 15.6 Å². The number of esters is 1. The molecule has 0 aromatic heterocycles. The molecule has 46 heavy (non-hydrogen) atoms. The van der Waals surface area contributed by atoms with Crippen LogP contribution in [0.25, 0.3) is 0 Å². The van der Waals surface area contributed by atoms with Crippen LogP contribution < -0.4 is 20.1 Å². The number of β-amino-alcohol motifs (C(OH)–C–C–N with tert-alkyl or cyclic N) is 1. The molecule has 4 rings (SSSR count). The van der Waals surface area contributed by atoms with E-state index in [1.165, 1.54) is 6.07 Å². The number of thiocarbonyl (C=S) groups is 2. The van der Waals surface area contributed by atoms with Gasteiger partial charge in [-0.05, 0) is 86.3 Å². The van der Waals surface area contributed by atoms with Gasteiger partial charge in [-0.15, -0.1) is 0 Å². The fraction of sp³-hybridized carbons (Fsp3) is 0.250. The molecule has 1 heterocycles. The molecule has 0 radical (unpaired) electrons. The molecule has 3 aromatic rings. The number of nitro benzene ring substituents is 1. The van der Waals surface area contributed by atoms with Gasteiger partial charge in [0.2, 0.25) is 0 Å². The van der Waals surface area contributed by atoms with Crippen LogP contribution in [0.5, 0.6) is 11.5 Å². The Morgan fingerprint density at radius 1 is 1.17 bits per heavy atom. The lowest BCUT2D eigenvalue weighted by molar-refractivity contribution is -0.385. The Balaban J connectivity index is 1.40. The average molecular weight is 664 g/mol. The molecule has 0 saturated carbocycles. The highest BCUT2D eigenvalue weighted by atomic mass is 32.1. The third kappa shape index (κ3) is 8.41. The molecule has 0 saturated heterocycles. The number of aliphatic imine (C=N–C) groups is 1. The van der Waals surface area contributed by atoms with E-state index in [1.807, 2.05) is 24.3 Å². The second-order valence-electron chi connectivity index (χ2n) is 9.95. The largest absolute Gasteiger partial charge is 0.495 e. The Kier molecular flexibility index (Phi) is 11.7. The lowest BCUT2D eigenvalue weighted by atomic mass is 9.93. The molecule has 12 nitrogen and oxygen atoms in total. The second kappa shape index (κ2) is 15.9. The van der Waals surface area contributed by atoms with Crippen molar-refractivity contribution < 1.29 is 29.0 Å². The predicted molar refractivity (Wildman–Crippen MR) is 182 cm³/mol. The molecule has 0 amide bonds. The van der Waals surface area contributed by atoms with Gasteiger partial charge in [-0.3, -0.25) is 10.1 Å². The highest BCUT2D eigenvalue weighted by molar-refractivity contribution is 7.80. The van der Waals surface area contributed by atoms with Gasteiger partial charge in [-0.1, -0.05) is 24.3 Å². The third-order valence-electron chi connectivity index (χ3n) is 6.93. The first kappa shape index (κ1) is 34.0. The van der Waals surface area contributed by atoms with Crippen LogP contribution >= 0.6 is 24.4 Å². The van der Waals surface area contributed by atoms with Gasteiger partial charge in [0.05, 0.1) is 48.1 Å². The maximum absolute atomic E-state index is 13.1. The first-order chi connectivity index (χ1) is 22.1. The number of aliphatic hydroxyl groups excluding tert-OH is 1. The Morgan fingerprint density at radius 2 is 1.87 bits per heavy atom. The fourth-order valence-electron chi connectivity index (χ4n) is 4.74. The molecule has 0 bridgehead atoms. The van der Waals surface area contributed by atoms with Crippen molar-refractivity contribution in [3.8, 4) is 11.5 Å². The third-order valence-corrected chi connectivity index (χ3v) is 7.48. The summed E-state index contributed by atoms with van der Waals surface area (Å²) in [5.74, 6) is 0.519. The summed E-state index contributed by atoms with van der Waals surface area (Å²) < 4.78 is 16.4. The van der Waals surface area contributed by atoms with Gasteiger partial charge in [-0.2, -0.15) is 0 Å². The van der Waals surface area contributed by atoms with Crippen molar-refractivity contribution in [2.24, 2.45) is 4.99 Å². The van der Waals surface area contributed by atoms with Crippen LogP contribution in [0, 0.1) is 10.1 Å². The molecular formula is C32H33N5O7S2. The van der Waals surface area contributed by atoms with Crippen molar-refractivity contribution in [2.75, 3.05) is 32.2 Å². The zero-order valence-corrected chi connectivity index (χ0v) is 27.0. The molecule has 2 atom stereocenters. The molecule has 14 heteroatoms. The Hall–Kier alpha value is -4.92. The molecule has 0 fully saturated rings. The Morgan fingerprint density at radius 3 is 2.57 bits per heavy atom. The van der Waals surface area contributed by atoms with Crippen molar-refractivity contribution in [2.45, 2.75) is 26.0 Å². The number of para-hydroxylation sites is 3. The minimum absolute atomic E-state index is 0.00837. The summed E-state index contributed by atoms with van der Waals surface area (Å²) in [7, 11) is 1.58. The summed E-state index contributed by atoms with van der Waals surface area (Å²) in [6, 6.07) is 19.6. The summed E-state index contributed by atoms with van der Waals surface area (Å²) in [4.78, 5) is 30.1. The van der Waals surface area contributed by atoms with E-state index in [4.69, 9.17) is 38.6 Å². The quantitative estimate of drug-likeness (QED) is 0.0794. The summed E-state index contributed by atoms with van der Waals surface area (Å²) in [6.07, 6.45) is 0.599. The van der Waals surface area contributed by atoms with E-state index >= 15 is 0 Å². The first-order valence-electron chi connectivity index (χ1n) is 14.2. The molecule has 3 aromatic carbocycles. The number of anilines is 1. The van der Waals surface area contributed by atoms with Crippen molar-refractivity contribution >= 4 is 58.2 Å². The van der Waals surface area contributed by atoms with E-state index in [0.717, 1.165) is 5.56 Å². The standard InChI is InChI=1S/C32H33N5O7S2/c1-4-43-30(39)28-20(2)36(32(46)35-29(28)24-9-5-7-11-26(24)37(40)41)18-22(38)19-44-23-15-13-21(14-16-23)17-33-31(45)34-25-10-6-8-12-27(25)42-3/h5-17,22,29,38H,4,18-19H2,1-3H3,(H,34,45)(H,35,46)/b33-17+. The number of carbonyl (C=O) groups is 1. The zero-order chi connectivity index (χ0) is 33.2. The lowest BCUT2D eigenvalue weighted by Gasteiger charge is -2.38. The van der Waals surface area contributed by atoms with Crippen LogP contribution in [-0.2, 0) is 9.53 Å². The fourth-order valence-corrected chi connectivity index (χ4v) is 5.23. The SMILES string of the molecule is CCOC(=O)C1=C(C)N(CC(O)COc2ccc(/C=N/C(=S)Nc3ccccc3OC)cc2)C(=S)NC1c1ccccc1[N+](=O)[O-]. The smallest absolute Gasteiger partial charge is 0.338 e. The predicted octanol–water partition coefficient (Wildman–Crippen LogP) is 4.93. The van der Waals surface area contributed by atoms with Gasteiger partial charge in [0, 0.05) is 18.0 Å². The van der Waals surface area contributed by atoms with Crippen molar-refractivity contribution in [3.05, 3.63) is 105 Å². The summed E-state index contributed by atoms with van der Waals surface area (Å²) in [5, 5.41) is 29.1. The summed E-state index contributed by atoms with van der Waals surface area (Å²) in [6.45, 7) is 3.35. The topological polar surface area (TPSA) is 148 Å². The minimum atomic E-state index is -1.01. The van der Waals surface area contributed by atoms with Gasteiger partial charge < -0.3 is 34.9 Å². The number of aliphatic hydroxyl groups is 1. The molecule has 1 aliphatic heterocycles. The van der Waals surface area contributed by atoms with Gasteiger partial charge in [-0.25, -0.2) is 9.79 Å². The van der Waals surface area contributed by atoms with Crippen molar-refractivity contribution in [1.82, 2.24) is 10.2 Å². The number of nitro groups is 1. The highest BCUT2D eigenvalue weighted by Crippen LogP contribution is 2.36. The van der Waals surface area contributed by atoms with Crippen LogP contribution in [0.3, 0.4) is 0 Å². The van der Waals surface area contributed by atoms with Gasteiger partial charge in [0.25, 0.3) is 5.69 Å². The lowest BCUT2D eigenvalue weighted by Crippen LogP contribution is -2.50. The van der Waals surface area contributed by atoms with Gasteiger partial charge in [0.1, 0.15) is 24.2 Å². The van der Waals surface area contributed by atoms with Gasteiger partial charge >= 0.3 is 5.97 Å². The van der Waals surface area contributed by atoms with Crippen LogP contribution in [-0.4, -0.2) is 70.3 Å². The van der Waals surface area contributed by atoms with E-state index in [-0.39, 0.29) is 46.8 Å². The van der Waals surface area contributed by atoms with Crippen molar-refractivity contribution in [1.29, 1.82) is 0 Å². The van der Waals surface area contributed by atoms with Crippen LogP contribution in [0.4, 0.5) is 11.4 Å². The number of hydrogen-bond donors (Lipinski definition) is 3. The minimum Gasteiger partial charge on any atom is -0.495 e. The molecular weight excluding hydrogens is 631 g/mol. The Labute approximate surface area is 276 Å². The maximum atomic E-state index is 13.1. The highest BCUT2D eigenvalue weighted by Gasteiger charge is 2.38. The molecule has 0 aliphatic carbocycles. The number of rotatable bonds is 12. The number of nitrogens with one attached hydrogen (secondary N) is 2. The van der Waals surface area contributed by atoms with E-state index < -0.39 is 23.0 Å². The molecule has 3 N–H and O–H groups in total. The molecule has 0 spiro atoms. The number of ether oxygens (including phenoxy) is 3. The molecule has 1 aliphatic rings. The first-order valence-corrected chi connectivity index (χ1v) is 15.0. The van der Waals surface area contributed by atoms with E-state index in [0.29, 0.717) is 22.9 Å². The number of benzene rings is 3. The van der Waals surface area contributed by atoms with Crippen LogP contribution in [0.15, 0.2) is 89.1 Å². The molecule has 240 valence electrons. The number of methoxy groups -OCH3 is 1. The number of carbonyl (C=O) groups excluding carboxylic acids is 1. The number of allylic oxidation sites excluding steroid dienone is 1. The monoisotopic (exact) mass is 663 g/mol.